The summed E-state index contributed by atoms with van der Waals surface area (Å²) in [4.78, 5) is 9.82. The number of methoxy groups -OCH3 is 1. The highest BCUT2D eigenvalue weighted by atomic mass is 79.9. The summed E-state index contributed by atoms with van der Waals surface area (Å²) in [6, 6.07) is 13.5. The van der Waals surface area contributed by atoms with E-state index in [1.165, 1.54) is 0 Å². The molecule has 0 aliphatic rings. The molecule has 3 heterocycles. The second-order valence-corrected chi connectivity index (χ2v) is 8.68. The lowest BCUT2D eigenvalue weighted by molar-refractivity contribution is 0.413. The van der Waals surface area contributed by atoms with Gasteiger partial charge in [-0.1, -0.05) is 17.7 Å². The number of nitrogens with zero attached hydrogens (tertiary/aromatic N) is 3. The Hall–Kier alpha value is -2.51. The summed E-state index contributed by atoms with van der Waals surface area (Å²) in [5, 5.41) is 0.894. The largest absolute Gasteiger partial charge is 0.495 e. The van der Waals surface area contributed by atoms with Gasteiger partial charge in [0, 0.05) is 27.3 Å². The number of rotatable bonds is 4. The fraction of sp³-hybridized carbons (Fsp3) is 0.143. The molecule has 3 aromatic heterocycles. The molecule has 0 saturated carbocycles. The SMILES string of the molecule is COc1ccc(-c2c(C)n(S(=O)c3ccc(C)cc3)c3ncc(Br)cc23)nc1. The Morgan fingerprint density at radius 1 is 1.04 bits per heavy atom. The average molecular weight is 456 g/mol. The molecule has 1 aromatic carbocycles. The molecule has 0 amide bonds. The summed E-state index contributed by atoms with van der Waals surface area (Å²) in [6.45, 7) is 3.96. The van der Waals surface area contributed by atoms with Crippen LogP contribution in [0.2, 0.25) is 0 Å². The van der Waals surface area contributed by atoms with Crippen LogP contribution in [0.25, 0.3) is 22.3 Å². The van der Waals surface area contributed by atoms with Crippen LogP contribution < -0.4 is 4.74 Å². The Balaban J connectivity index is 1.96. The third-order valence-electron chi connectivity index (χ3n) is 4.58. The van der Waals surface area contributed by atoms with Crippen LogP contribution in [0.15, 0.2) is 64.2 Å². The van der Waals surface area contributed by atoms with Gasteiger partial charge < -0.3 is 4.74 Å². The van der Waals surface area contributed by atoms with Crippen molar-refractivity contribution in [3.63, 3.8) is 0 Å². The van der Waals surface area contributed by atoms with Crippen LogP contribution in [0.1, 0.15) is 11.3 Å². The number of aryl methyl sites for hydroxylation is 1. The van der Waals surface area contributed by atoms with Crippen LogP contribution in [-0.4, -0.2) is 25.3 Å². The van der Waals surface area contributed by atoms with Gasteiger partial charge in [-0.3, -0.25) is 4.98 Å². The molecule has 4 aromatic rings. The molecule has 0 radical (unpaired) electrons. The lowest BCUT2D eigenvalue weighted by Gasteiger charge is -2.08. The van der Waals surface area contributed by atoms with Crippen molar-refractivity contribution in [3.05, 3.63) is 70.6 Å². The molecule has 0 aliphatic heterocycles. The minimum absolute atomic E-state index is 0.659. The van der Waals surface area contributed by atoms with Crippen molar-refractivity contribution < 1.29 is 8.95 Å². The molecular formula is C21H18BrN3O2S. The maximum atomic E-state index is 13.4. The van der Waals surface area contributed by atoms with Crippen LogP contribution >= 0.6 is 15.9 Å². The molecule has 1 unspecified atom stereocenters. The van der Waals surface area contributed by atoms with Crippen molar-refractivity contribution in [2.24, 2.45) is 0 Å². The van der Waals surface area contributed by atoms with E-state index < -0.39 is 11.0 Å². The van der Waals surface area contributed by atoms with E-state index in [0.717, 1.165) is 37.3 Å². The highest BCUT2D eigenvalue weighted by Gasteiger charge is 2.22. The number of ether oxygens (including phenoxy) is 1. The van der Waals surface area contributed by atoms with Crippen molar-refractivity contribution >= 4 is 37.9 Å². The summed E-state index contributed by atoms with van der Waals surface area (Å²) in [5.41, 5.74) is 4.32. The van der Waals surface area contributed by atoms with E-state index in [9.17, 15) is 4.21 Å². The molecule has 0 N–H and O–H groups in total. The first kappa shape index (κ1) is 18.8. The van der Waals surface area contributed by atoms with E-state index in [1.54, 1.807) is 23.5 Å². The zero-order valence-electron chi connectivity index (χ0n) is 15.6. The molecule has 142 valence electrons. The molecule has 1 atom stereocenters. The summed E-state index contributed by atoms with van der Waals surface area (Å²) in [5.74, 6) is 0.688. The summed E-state index contributed by atoms with van der Waals surface area (Å²) in [7, 11) is 0.190. The van der Waals surface area contributed by atoms with Crippen LogP contribution in [-0.2, 0) is 11.0 Å². The molecule has 5 nitrogen and oxygen atoms in total. The van der Waals surface area contributed by atoms with Gasteiger partial charge in [0.25, 0.3) is 0 Å². The first-order valence-electron chi connectivity index (χ1n) is 8.65. The Morgan fingerprint density at radius 2 is 1.79 bits per heavy atom. The topological polar surface area (TPSA) is 57.0 Å². The predicted molar refractivity (Wildman–Crippen MR) is 115 cm³/mol. The van der Waals surface area contributed by atoms with Gasteiger partial charge in [0.05, 0.1) is 23.9 Å². The predicted octanol–water partition coefficient (Wildman–Crippen LogP) is 5.06. The second kappa shape index (κ2) is 7.48. The number of hydrogen-bond acceptors (Lipinski definition) is 4. The van der Waals surface area contributed by atoms with Crippen LogP contribution in [0.3, 0.4) is 0 Å². The van der Waals surface area contributed by atoms with E-state index >= 15 is 0 Å². The molecule has 0 fully saturated rings. The van der Waals surface area contributed by atoms with Gasteiger partial charge in [-0.05, 0) is 60.1 Å². The van der Waals surface area contributed by atoms with E-state index in [-0.39, 0.29) is 0 Å². The standard InChI is InChI=1S/C21H18BrN3O2S/c1-13-4-7-17(8-5-13)28(26)25-14(2)20(18-10-15(22)11-24-21(18)25)19-9-6-16(27-3)12-23-19/h4-12H,1-3H3. The fourth-order valence-electron chi connectivity index (χ4n) is 3.17. The number of aromatic nitrogens is 3. The third-order valence-corrected chi connectivity index (χ3v) is 6.47. The lowest BCUT2D eigenvalue weighted by atomic mass is 10.1. The number of benzene rings is 1. The molecular weight excluding hydrogens is 438 g/mol. The molecule has 7 heteroatoms. The number of pyridine rings is 2. The lowest BCUT2D eigenvalue weighted by Crippen LogP contribution is -2.07. The Kier molecular flexibility index (Phi) is 5.03. The zero-order chi connectivity index (χ0) is 19.8. The first-order chi connectivity index (χ1) is 13.5. The Bertz CT molecular complexity index is 1190. The highest BCUT2D eigenvalue weighted by molar-refractivity contribution is 9.10. The monoisotopic (exact) mass is 455 g/mol. The minimum Gasteiger partial charge on any atom is -0.495 e. The van der Waals surface area contributed by atoms with E-state index in [0.29, 0.717) is 11.4 Å². The molecule has 0 aliphatic carbocycles. The van der Waals surface area contributed by atoms with Crippen LogP contribution in [0.4, 0.5) is 0 Å². The number of hydrogen-bond donors (Lipinski definition) is 0. The van der Waals surface area contributed by atoms with E-state index in [1.807, 2.05) is 56.3 Å². The normalized spacial score (nSPS) is 12.3. The van der Waals surface area contributed by atoms with E-state index in [4.69, 9.17) is 4.74 Å². The molecule has 4 rings (SSSR count). The van der Waals surface area contributed by atoms with Gasteiger partial charge in [0.15, 0.2) is 16.6 Å². The van der Waals surface area contributed by atoms with Crippen molar-refractivity contribution in [1.29, 1.82) is 0 Å². The van der Waals surface area contributed by atoms with Gasteiger partial charge in [-0.15, -0.1) is 0 Å². The molecule has 0 saturated heterocycles. The summed E-state index contributed by atoms with van der Waals surface area (Å²) >= 11 is 3.50. The van der Waals surface area contributed by atoms with Crippen molar-refractivity contribution in [2.45, 2.75) is 18.7 Å². The maximum absolute atomic E-state index is 13.4. The zero-order valence-corrected chi connectivity index (χ0v) is 18.0. The van der Waals surface area contributed by atoms with Gasteiger partial charge >= 0.3 is 0 Å². The summed E-state index contributed by atoms with van der Waals surface area (Å²) in [6.07, 6.45) is 3.40. The third kappa shape index (κ3) is 3.25. The highest BCUT2D eigenvalue weighted by Crippen LogP contribution is 2.35. The van der Waals surface area contributed by atoms with E-state index in [2.05, 4.69) is 25.9 Å². The van der Waals surface area contributed by atoms with Crippen molar-refractivity contribution in [3.8, 4) is 17.0 Å². The van der Waals surface area contributed by atoms with Crippen LogP contribution in [0.5, 0.6) is 5.75 Å². The average Bonchev–Trinajstić information content (AvgIpc) is 2.99. The smallest absolute Gasteiger partial charge is 0.158 e. The number of fused-ring (bicyclic) bond motifs is 1. The minimum atomic E-state index is -1.42. The first-order valence-corrected chi connectivity index (χ1v) is 10.6. The van der Waals surface area contributed by atoms with Gasteiger partial charge in [-0.25, -0.2) is 13.2 Å². The molecule has 0 bridgehead atoms. The van der Waals surface area contributed by atoms with Crippen molar-refractivity contribution in [2.75, 3.05) is 7.11 Å². The number of halogens is 1. The maximum Gasteiger partial charge on any atom is 0.158 e. The van der Waals surface area contributed by atoms with Gasteiger partial charge in [-0.2, -0.15) is 0 Å². The van der Waals surface area contributed by atoms with Crippen molar-refractivity contribution in [1.82, 2.24) is 13.9 Å². The Labute approximate surface area is 174 Å². The van der Waals surface area contributed by atoms with Gasteiger partial charge in [0.1, 0.15) is 5.75 Å². The summed E-state index contributed by atoms with van der Waals surface area (Å²) < 4.78 is 21.2. The van der Waals surface area contributed by atoms with Gasteiger partial charge in [0.2, 0.25) is 0 Å². The molecule has 28 heavy (non-hydrogen) atoms. The quantitative estimate of drug-likeness (QED) is 0.431. The Morgan fingerprint density at radius 3 is 2.43 bits per heavy atom. The molecule has 0 spiro atoms. The van der Waals surface area contributed by atoms with Crippen LogP contribution in [0, 0.1) is 13.8 Å². The fourth-order valence-corrected chi connectivity index (χ4v) is 4.72. The second-order valence-electron chi connectivity index (χ2n) is 6.42.